The molecule has 0 spiro atoms. The van der Waals surface area contributed by atoms with E-state index in [9.17, 15) is 0 Å². The zero-order valence-electron chi connectivity index (χ0n) is 23.2. The summed E-state index contributed by atoms with van der Waals surface area (Å²) >= 11 is 0. The van der Waals surface area contributed by atoms with Crippen molar-refractivity contribution < 1.29 is 55.4 Å². The van der Waals surface area contributed by atoms with E-state index in [1.54, 1.807) is 0 Å². The topological polar surface area (TPSA) is 59.7 Å². The molecule has 217 valence electrons. The minimum atomic E-state index is -0.348. The van der Waals surface area contributed by atoms with Crippen molar-refractivity contribution in [2.75, 3.05) is 12.3 Å². The van der Waals surface area contributed by atoms with Crippen LogP contribution in [0.25, 0.3) is 0 Å². The molecule has 3 nitrogen and oxygen atoms in total. The molecule has 42 heavy (non-hydrogen) atoms. The van der Waals surface area contributed by atoms with Gasteiger partial charge in [0.1, 0.15) is 0 Å². The molecule has 0 aliphatic heterocycles. The molecule has 0 saturated heterocycles. The van der Waals surface area contributed by atoms with Crippen molar-refractivity contribution in [3.05, 3.63) is 181 Å². The van der Waals surface area contributed by atoms with Gasteiger partial charge in [0.25, 0.3) is 0 Å². The monoisotopic (exact) mass is 766 g/mol. The van der Waals surface area contributed by atoms with E-state index >= 15 is 0 Å². The van der Waals surface area contributed by atoms with Crippen molar-refractivity contribution in [2.45, 2.75) is 0 Å². The van der Waals surface area contributed by atoms with Gasteiger partial charge in [0.05, 0.1) is 0 Å². The fourth-order valence-electron chi connectivity index (χ4n) is 3.77. The SMILES string of the molecule is [C-]#[O+].[C-]#[O+].[C-]#[O+].[CH3-].[CH]1[CH][CH][CH][CH]1.[Mo].[Pd].c1ccc(P(CCP(c2ccccc2)c2ccccc2)c2ccccc2)cc1. The van der Waals surface area contributed by atoms with Crippen molar-refractivity contribution in [3.63, 3.8) is 0 Å². The van der Waals surface area contributed by atoms with E-state index in [1.807, 2.05) is 32.1 Å². The zero-order valence-corrected chi connectivity index (χ0v) is 28.5. The first kappa shape index (κ1) is 44.7. The summed E-state index contributed by atoms with van der Waals surface area (Å²) in [5, 5.41) is 5.89. The Morgan fingerprint density at radius 1 is 0.381 bits per heavy atom. The Labute approximate surface area is 283 Å². The van der Waals surface area contributed by atoms with Crippen LogP contribution >= 0.6 is 15.8 Å². The first-order valence-corrected chi connectivity index (χ1v) is 15.0. The Balaban J connectivity index is -0.000000946. The van der Waals surface area contributed by atoms with Gasteiger partial charge in [-0.05, 0) is 81.5 Å². The number of hydrogen-bond donors (Lipinski definition) is 0. The molecule has 1 fully saturated rings. The Morgan fingerprint density at radius 2 is 0.548 bits per heavy atom. The van der Waals surface area contributed by atoms with Gasteiger partial charge in [0, 0.05) is 41.5 Å². The maximum Gasteiger partial charge on any atom is 0 e. The van der Waals surface area contributed by atoms with Crippen molar-refractivity contribution in [1.29, 1.82) is 0 Å². The summed E-state index contributed by atoms with van der Waals surface area (Å²) in [6.45, 7) is 13.5. The molecule has 7 heteroatoms. The van der Waals surface area contributed by atoms with Crippen LogP contribution in [0, 0.1) is 59.5 Å². The van der Waals surface area contributed by atoms with Gasteiger partial charge in [-0.1, -0.05) is 121 Å². The van der Waals surface area contributed by atoms with Crippen LogP contribution in [0.5, 0.6) is 0 Å². The van der Waals surface area contributed by atoms with Gasteiger partial charge in [-0.25, -0.2) is 0 Å². The average molecular weight is 765 g/mol. The van der Waals surface area contributed by atoms with Crippen LogP contribution in [-0.4, -0.2) is 12.3 Å². The van der Waals surface area contributed by atoms with Gasteiger partial charge < -0.3 is 7.43 Å². The molecule has 0 N–H and O–H groups in total. The fraction of sp³-hybridized carbons (Fsp3) is 0.0571. The first-order valence-electron chi connectivity index (χ1n) is 11.9. The van der Waals surface area contributed by atoms with E-state index in [1.165, 1.54) is 33.5 Å². The van der Waals surface area contributed by atoms with Crippen molar-refractivity contribution >= 4 is 37.1 Å². The summed E-state index contributed by atoms with van der Waals surface area (Å²) in [5.74, 6) is 0. The summed E-state index contributed by atoms with van der Waals surface area (Å²) in [4.78, 5) is 0. The summed E-state index contributed by atoms with van der Waals surface area (Å²) in [7, 11) is -0.696. The second-order valence-corrected chi connectivity index (χ2v) is 12.3. The van der Waals surface area contributed by atoms with Crippen LogP contribution in [0.4, 0.5) is 0 Å². The third-order valence-corrected chi connectivity index (χ3v) is 10.8. The number of hydrogen-bond acceptors (Lipinski definition) is 0. The smallest absolute Gasteiger partial charge is 0 e. The summed E-state index contributed by atoms with van der Waals surface area (Å²) in [6.07, 6.45) is 12.4. The van der Waals surface area contributed by atoms with Crippen LogP contribution < -0.4 is 21.2 Å². The molecule has 1 aliphatic rings. The van der Waals surface area contributed by atoms with Crippen LogP contribution in [0.15, 0.2) is 121 Å². The predicted molar refractivity (Wildman–Crippen MR) is 168 cm³/mol. The van der Waals surface area contributed by atoms with Crippen LogP contribution in [0.1, 0.15) is 0 Å². The molecule has 0 unspecified atom stereocenters. The predicted octanol–water partition coefficient (Wildman–Crippen LogP) is 6.61. The largest absolute Gasteiger partial charge is 0.358 e. The molecule has 4 aromatic carbocycles. The Bertz CT molecular complexity index is 1000. The average Bonchev–Trinajstić information content (AvgIpc) is 3.65. The van der Waals surface area contributed by atoms with Gasteiger partial charge in [-0.15, -0.1) is 0 Å². The molecular formula is C35H32MoO3P2Pd-. The van der Waals surface area contributed by atoms with E-state index in [0.29, 0.717) is 0 Å². The third kappa shape index (κ3) is 16.8. The van der Waals surface area contributed by atoms with Gasteiger partial charge in [-0.2, -0.15) is 0 Å². The quantitative estimate of drug-likeness (QED) is 0.0882. The second-order valence-electron chi connectivity index (χ2n) is 7.61. The van der Waals surface area contributed by atoms with E-state index in [0.717, 1.165) is 0 Å². The van der Waals surface area contributed by atoms with Gasteiger partial charge in [0.2, 0.25) is 0 Å². The minimum absolute atomic E-state index is 0. The van der Waals surface area contributed by atoms with Crippen molar-refractivity contribution in [1.82, 2.24) is 0 Å². The van der Waals surface area contributed by atoms with E-state index in [4.69, 9.17) is 14.0 Å². The Hall–Kier alpha value is -1.69. The van der Waals surface area contributed by atoms with Crippen molar-refractivity contribution in [2.24, 2.45) is 0 Å². The van der Waals surface area contributed by atoms with Gasteiger partial charge in [-0.3, -0.25) is 0 Å². The first-order chi connectivity index (χ1) is 19.4. The van der Waals surface area contributed by atoms with Gasteiger partial charge in [0.15, 0.2) is 0 Å². The molecule has 0 aromatic heterocycles. The van der Waals surface area contributed by atoms with Crippen molar-refractivity contribution in [3.8, 4) is 0 Å². The number of rotatable bonds is 7. The van der Waals surface area contributed by atoms with Gasteiger partial charge >= 0.3 is 33.9 Å². The maximum atomic E-state index is 7.50. The Kier molecular flexibility index (Phi) is 32.8. The van der Waals surface area contributed by atoms with E-state index in [2.05, 4.69) is 141 Å². The fourth-order valence-corrected chi connectivity index (χ4v) is 9.12. The Morgan fingerprint density at radius 3 is 0.714 bits per heavy atom. The zero-order chi connectivity index (χ0) is 28.6. The van der Waals surface area contributed by atoms with E-state index in [-0.39, 0.29) is 64.8 Å². The second kappa shape index (κ2) is 30.8. The maximum absolute atomic E-state index is 7.50. The molecule has 1 saturated carbocycles. The van der Waals surface area contributed by atoms with E-state index < -0.39 is 0 Å². The minimum Gasteiger partial charge on any atom is -0.358 e. The summed E-state index contributed by atoms with van der Waals surface area (Å²) in [6, 6.07) is 44.2. The third-order valence-electron chi connectivity index (χ3n) is 5.37. The summed E-state index contributed by atoms with van der Waals surface area (Å²) < 4.78 is 22.5. The molecule has 5 radical (unpaired) electrons. The normalized spacial score (nSPS) is 10.4. The molecule has 0 amide bonds. The molecule has 0 bridgehead atoms. The number of benzene rings is 4. The molecule has 1 aliphatic carbocycles. The molecular weight excluding hydrogens is 733 g/mol. The summed E-state index contributed by atoms with van der Waals surface area (Å²) in [5.41, 5.74) is 0. The molecule has 0 heterocycles. The van der Waals surface area contributed by atoms with Crippen LogP contribution in [0.3, 0.4) is 0 Å². The standard InChI is InChI=1S/C26H24P2.C5H5.3CO.CH3.Mo.Pd/c1-5-13-23(14-6-1)27(24-15-7-2-8-16-24)21-22-28(25-17-9-3-10-18-25)26-19-11-4-12-20-26;1-2-4-5-3-1;3*1-2;;;/h1-20H,21-22H2;1-5H;;;;1H3;;/q;;;;;-1;;. The molecule has 4 aromatic rings. The molecule has 5 rings (SSSR count). The molecule has 0 atom stereocenters. The van der Waals surface area contributed by atoms with Crippen LogP contribution in [0.2, 0.25) is 0 Å². The van der Waals surface area contributed by atoms with Crippen LogP contribution in [-0.2, 0) is 55.4 Å².